The van der Waals surface area contributed by atoms with Crippen LogP contribution in [0.25, 0.3) is 0 Å². The molecule has 2 aromatic carbocycles. The molecule has 2 unspecified atom stereocenters. The summed E-state index contributed by atoms with van der Waals surface area (Å²) in [6.45, 7) is 6.36. The molecule has 0 aromatic heterocycles. The molecule has 1 N–H and O–H groups in total. The summed E-state index contributed by atoms with van der Waals surface area (Å²) in [4.78, 5) is 2.66. The molecule has 0 bridgehead atoms. The Bertz CT molecular complexity index is 1020. The van der Waals surface area contributed by atoms with Crippen molar-refractivity contribution in [1.82, 2.24) is 4.72 Å². The van der Waals surface area contributed by atoms with Crippen LogP contribution in [0.1, 0.15) is 62.3 Å². The Morgan fingerprint density at radius 2 is 1.74 bits per heavy atom. The number of aryl methyl sites for hydroxylation is 2. The number of nitrogens with zero attached hydrogens (tertiary/aromatic N) is 1. The number of rotatable bonds is 6. The number of benzene rings is 2. The van der Waals surface area contributed by atoms with Gasteiger partial charge in [-0.25, -0.2) is 13.1 Å². The molecule has 1 fully saturated rings. The first-order valence-corrected chi connectivity index (χ1v) is 12.9. The summed E-state index contributed by atoms with van der Waals surface area (Å²) in [5, 5.41) is 0. The lowest BCUT2D eigenvalue weighted by Gasteiger charge is -2.33. The zero-order valence-electron chi connectivity index (χ0n) is 18.9. The highest BCUT2D eigenvalue weighted by Gasteiger charge is 2.25. The monoisotopic (exact) mass is 442 g/mol. The molecule has 0 saturated carbocycles. The van der Waals surface area contributed by atoms with Gasteiger partial charge < -0.3 is 9.64 Å². The van der Waals surface area contributed by atoms with E-state index in [2.05, 4.69) is 28.7 Å². The van der Waals surface area contributed by atoms with Gasteiger partial charge in [0.2, 0.25) is 10.0 Å². The number of hydrogen-bond donors (Lipinski definition) is 1. The Morgan fingerprint density at radius 3 is 2.39 bits per heavy atom. The smallest absolute Gasteiger partial charge is 0.244 e. The van der Waals surface area contributed by atoms with E-state index in [0.717, 1.165) is 49.9 Å². The third kappa shape index (κ3) is 4.90. The van der Waals surface area contributed by atoms with Gasteiger partial charge in [0.05, 0.1) is 7.11 Å². The van der Waals surface area contributed by atoms with Crippen LogP contribution in [0.3, 0.4) is 0 Å². The number of ether oxygens (including phenoxy) is 1. The second-order valence-corrected chi connectivity index (χ2v) is 10.8. The molecule has 1 aliphatic heterocycles. The summed E-state index contributed by atoms with van der Waals surface area (Å²) in [6, 6.07) is 11.7. The summed E-state index contributed by atoms with van der Waals surface area (Å²) in [5.74, 6) is 1.14. The standard InChI is InChI=1S/C25H34N2O3S/c1-18-7-6-14-27(17-18)23-12-10-20(11-13-23)19(2)26-31(28,29)25-16-22-9-5-4-8-21(22)15-24(25)30-3/h10-13,15-16,18-19,26H,4-9,14,17H2,1-3H3. The van der Waals surface area contributed by atoms with E-state index in [0.29, 0.717) is 11.7 Å². The molecule has 1 heterocycles. The van der Waals surface area contributed by atoms with Gasteiger partial charge in [-0.2, -0.15) is 0 Å². The largest absolute Gasteiger partial charge is 0.495 e. The van der Waals surface area contributed by atoms with Gasteiger partial charge in [-0.05, 0) is 92.3 Å². The van der Waals surface area contributed by atoms with Crippen LogP contribution in [0.5, 0.6) is 5.75 Å². The van der Waals surface area contributed by atoms with Crippen molar-refractivity contribution in [1.29, 1.82) is 0 Å². The lowest BCUT2D eigenvalue weighted by Crippen LogP contribution is -2.34. The van der Waals surface area contributed by atoms with E-state index in [1.165, 1.54) is 31.2 Å². The average Bonchev–Trinajstić information content (AvgIpc) is 2.78. The van der Waals surface area contributed by atoms with Gasteiger partial charge in [-0.1, -0.05) is 19.1 Å². The van der Waals surface area contributed by atoms with E-state index in [9.17, 15) is 8.42 Å². The van der Waals surface area contributed by atoms with Crippen molar-refractivity contribution in [2.45, 2.75) is 63.3 Å². The van der Waals surface area contributed by atoms with Crippen molar-refractivity contribution < 1.29 is 13.2 Å². The summed E-state index contributed by atoms with van der Waals surface area (Å²) in [5.41, 5.74) is 4.49. The molecule has 2 atom stereocenters. The zero-order chi connectivity index (χ0) is 22.0. The lowest BCUT2D eigenvalue weighted by atomic mass is 9.92. The van der Waals surface area contributed by atoms with Gasteiger partial charge in [0.25, 0.3) is 0 Å². The molecule has 4 rings (SSSR count). The third-order valence-electron chi connectivity index (χ3n) is 6.66. The third-order valence-corrected chi connectivity index (χ3v) is 8.23. The van der Waals surface area contributed by atoms with Gasteiger partial charge in [-0.15, -0.1) is 0 Å². The number of anilines is 1. The molecule has 2 aliphatic rings. The molecule has 1 saturated heterocycles. The first-order valence-electron chi connectivity index (χ1n) is 11.4. The predicted octanol–water partition coefficient (Wildman–Crippen LogP) is 4.85. The fraction of sp³-hybridized carbons (Fsp3) is 0.520. The minimum atomic E-state index is -3.71. The number of nitrogens with one attached hydrogen (secondary N) is 1. The van der Waals surface area contributed by atoms with Crippen LogP contribution in [-0.2, 0) is 22.9 Å². The molecule has 0 radical (unpaired) electrons. The van der Waals surface area contributed by atoms with Crippen LogP contribution in [0, 0.1) is 5.92 Å². The van der Waals surface area contributed by atoms with Crippen LogP contribution < -0.4 is 14.4 Å². The van der Waals surface area contributed by atoms with Crippen molar-refractivity contribution in [3.63, 3.8) is 0 Å². The minimum absolute atomic E-state index is 0.237. The fourth-order valence-corrected chi connectivity index (χ4v) is 6.31. The quantitative estimate of drug-likeness (QED) is 0.695. The van der Waals surface area contributed by atoms with Crippen LogP contribution in [-0.4, -0.2) is 28.6 Å². The number of piperidine rings is 1. The Kier molecular flexibility index (Phi) is 6.58. The molecule has 1 aliphatic carbocycles. The summed E-state index contributed by atoms with van der Waals surface area (Å²) in [7, 11) is -2.17. The maximum atomic E-state index is 13.2. The summed E-state index contributed by atoms with van der Waals surface area (Å²) >= 11 is 0. The Balaban J connectivity index is 1.52. The number of hydrogen-bond acceptors (Lipinski definition) is 4. The lowest BCUT2D eigenvalue weighted by molar-refractivity contribution is 0.400. The van der Waals surface area contributed by atoms with Crippen molar-refractivity contribution in [2.24, 2.45) is 5.92 Å². The van der Waals surface area contributed by atoms with E-state index in [1.807, 2.05) is 31.2 Å². The molecule has 2 aromatic rings. The second-order valence-electron chi connectivity index (χ2n) is 9.11. The summed E-state index contributed by atoms with van der Waals surface area (Å²) in [6.07, 6.45) is 6.67. The predicted molar refractivity (Wildman–Crippen MR) is 125 cm³/mol. The maximum Gasteiger partial charge on any atom is 0.244 e. The van der Waals surface area contributed by atoms with Gasteiger partial charge in [0.15, 0.2) is 0 Å². The normalized spacial score (nSPS) is 20.2. The van der Waals surface area contributed by atoms with Crippen LogP contribution in [0.15, 0.2) is 41.3 Å². The van der Waals surface area contributed by atoms with E-state index < -0.39 is 10.0 Å². The van der Waals surface area contributed by atoms with Crippen LogP contribution in [0.2, 0.25) is 0 Å². The van der Waals surface area contributed by atoms with Gasteiger partial charge in [-0.3, -0.25) is 0 Å². The molecule has 0 amide bonds. The number of fused-ring (bicyclic) bond motifs is 1. The average molecular weight is 443 g/mol. The van der Waals surface area contributed by atoms with Crippen molar-refractivity contribution in [3.05, 3.63) is 53.1 Å². The van der Waals surface area contributed by atoms with E-state index in [1.54, 1.807) is 0 Å². The highest BCUT2D eigenvalue weighted by atomic mass is 32.2. The van der Waals surface area contributed by atoms with Gasteiger partial charge in [0, 0.05) is 24.8 Å². The SMILES string of the molecule is COc1cc2c(cc1S(=O)(=O)NC(C)c1ccc(N3CCCC(C)C3)cc1)CCCC2. The Hall–Kier alpha value is -2.05. The number of methoxy groups -OCH3 is 1. The molecule has 5 nitrogen and oxygen atoms in total. The van der Waals surface area contributed by atoms with Crippen LogP contribution in [0.4, 0.5) is 5.69 Å². The summed E-state index contributed by atoms with van der Waals surface area (Å²) < 4.78 is 34.8. The molecular formula is C25H34N2O3S. The van der Waals surface area contributed by atoms with E-state index >= 15 is 0 Å². The van der Waals surface area contributed by atoms with Crippen LogP contribution >= 0.6 is 0 Å². The second kappa shape index (κ2) is 9.21. The van der Waals surface area contributed by atoms with E-state index in [-0.39, 0.29) is 10.9 Å². The maximum absolute atomic E-state index is 13.2. The topological polar surface area (TPSA) is 58.6 Å². The molecular weight excluding hydrogens is 408 g/mol. The first kappa shape index (κ1) is 22.2. The fourth-order valence-electron chi connectivity index (χ4n) is 4.87. The zero-order valence-corrected chi connectivity index (χ0v) is 19.7. The Labute approximate surface area is 186 Å². The van der Waals surface area contributed by atoms with Gasteiger partial charge in [0.1, 0.15) is 10.6 Å². The highest BCUT2D eigenvalue weighted by Crippen LogP contribution is 2.33. The van der Waals surface area contributed by atoms with Gasteiger partial charge >= 0.3 is 0 Å². The Morgan fingerprint density at radius 1 is 1.06 bits per heavy atom. The first-order chi connectivity index (χ1) is 14.9. The van der Waals surface area contributed by atoms with Crippen molar-refractivity contribution >= 4 is 15.7 Å². The molecule has 6 heteroatoms. The molecule has 0 spiro atoms. The van der Waals surface area contributed by atoms with Crippen molar-refractivity contribution in [3.8, 4) is 5.75 Å². The molecule has 31 heavy (non-hydrogen) atoms. The highest BCUT2D eigenvalue weighted by molar-refractivity contribution is 7.89. The minimum Gasteiger partial charge on any atom is -0.495 e. The van der Waals surface area contributed by atoms with Crippen molar-refractivity contribution in [2.75, 3.05) is 25.1 Å². The number of sulfonamides is 1. The molecule has 168 valence electrons. The van der Waals surface area contributed by atoms with E-state index in [4.69, 9.17) is 4.74 Å².